The summed E-state index contributed by atoms with van der Waals surface area (Å²) in [6, 6.07) is 9.37. The van der Waals surface area contributed by atoms with Gasteiger partial charge in [-0.1, -0.05) is 12.1 Å². The summed E-state index contributed by atoms with van der Waals surface area (Å²) in [7, 11) is 1.74. The minimum Gasteiger partial charge on any atom is -0.497 e. The maximum absolute atomic E-state index is 5.29. The predicted octanol–water partition coefficient (Wildman–Crippen LogP) is 2.09. The van der Waals surface area contributed by atoms with Crippen LogP contribution < -0.4 is 10.1 Å². The van der Waals surface area contributed by atoms with E-state index in [0.29, 0.717) is 5.41 Å². The molecule has 2 saturated heterocycles. The lowest BCUT2D eigenvalue weighted by molar-refractivity contribution is 0.110. The molecule has 2 nitrogen and oxygen atoms in total. The number of rotatable bonds is 2. The Hall–Kier alpha value is -1.02. The van der Waals surface area contributed by atoms with Crippen LogP contribution in [0.25, 0.3) is 0 Å². The quantitative estimate of drug-likeness (QED) is 0.794. The maximum Gasteiger partial charge on any atom is 0.119 e. The standard InChI is InChI=1S/C13H17NO/c1-15-12-4-2-3-10(7-12)13-5-6-14-11(8-13)9-13/h2-4,7,11,14H,5-6,8-9H2,1H3. The van der Waals surface area contributed by atoms with Crippen LogP contribution in [0.3, 0.4) is 0 Å². The molecule has 1 aromatic rings. The molecule has 80 valence electrons. The highest BCUT2D eigenvalue weighted by atomic mass is 16.5. The van der Waals surface area contributed by atoms with Gasteiger partial charge in [0.15, 0.2) is 0 Å². The zero-order valence-electron chi connectivity index (χ0n) is 9.12. The van der Waals surface area contributed by atoms with Gasteiger partial charge >= 0.3 is 0 Å². The molecule has 4 rings (SSSR count). The van der Waals surface area contributed by atoms with Gasteiger partial charge in [-0.25, -0.2) is 0 Å². The number of hydrogen-bond donors (Lipinski definition) is 1. The van der Waals surface area contributed by atoms with E-state index in [2.05, 4.69) is 23.5 Å². The van der Waals surface area contributed by atoms with Crippen molar-refractivity contribution in [2.24, 2.45) is 0 Å². The SMILES string of the molecule is COc1cccc(C23CCNC(C2)C3)c1. The molecule has 1 aliphatic carbocycles. The van der Waals surface area contributed by atoms with Crippen molar-refractivity contribution in [3.63, 3.8) is 0 Å². The Bertz CT molecular complexity index is 363. The van der Waals surface area contributed by atoms with E-state index in [1.54, 1.807) is 7.11 Å². The van der Waals surface area contributed by atoms with Crippen LogP contribution in [0.4, 0.5) is 0 Å². The number of fused-ring (bicyclic) bond motifs is 2. The van der Waals surface area contributed by atoms with Crippen molar-refractivity contribution in [3.05, 3.63) is 29.8 Å². The van der Waals surface area contributed by atoms with E-state index in [9.17, 15) is 0 Å². The third-order valence-electron chi connectivity index (χ3n) is 3.99. The van der Waals surface area contributed by atoms with Crippen molar-refractivity contribution in [1.82, 2.24) is 5.32 Å². The minimum absolute atomic E-state index is 0.463. The molecule has 2 bridgehead atoms. The van der Waals surface area contributed by atoms with Crippen molar-refractivity contribution in [3.8, 4) is 5.75 Å². The summed E-state index contributed by atoms with van der Waals surface area (Å²) in [6.45, 7) is 1.17. The predicted molar refractivity (Wildman–Crippen MR) is 60.3 cm³/mol. The van der Waals surface area contributed by atoms with Gasteiger partial charge in [-0.3, -0.25) is 0 Å². The van der Waals surface area contributed by atoms with Gasteiger partial charge in [0.2, 0.25) is 0 Å². The van der Waals surface area contributed by atoms with Gasteiger partial charge in [-0.2, -0.15) is 0 Å². The Labute approximate surface area is 90.6 Å². The number of hydrogen-bond acceptors (Lipinski definition) is 2. The third-order valence-corrected chi connectivity index (χ3v) is 3.99. The fraction of sp³-hybridized carbons (Fsp3) is 0.538. The first-order chi connectivity index (χ1) is 7.32. The average molecular weight is 203 g/mol. The Morgan fingerprint density at radius 2 is 2.27 bits per heavy atom. The minimum atomic E-state index is 0.463. The Balaban J connectivity index is 1.91. The van der Waals surface area contributed by atoms with Gasteiger partial charge in [0.05, 0.1) is 7.11 Å². The number of nitrogens with one attached hydrogen (secondary N) is 1. The van der Waals surface area contributed by atoms with Crippen LogP contribution in [-0.2, 0) is 5.41 Å². The second-order valence-electron chi connectivity index (χ2n) is 4.82. The summed E-state index contributed by atoms with van der Waals surface area (Å²) in [5, 5.41) is 3.54. The number of methoxy groups -OCH3 is 1. The lowest BCUT2D eigenvalue weighted by atomic mass is 9.57. The third kappa shape index (κ3) is 1.36. The van der Waals surface area contributed by atoms with Crippen molar-refractivity contribution >= 4 is 0 Å². The van der Waals surface area contributed by atoms with Gasteiger partial charge < -0.3 is 10.1 Å². The summed E-state index contributed by atoms with van der Waals surface area (Å²) < 4.78 is 5.29. The molecule has 0 atom stereocenters. The summed E-state index contributed by atoms with van der Waals surface area (Å²) in [5.41, 5.74) is 1.93. The lowest BCUT2D eigenvalue weighted by Crippen LogP contribution is -2.58. The highest BCUT2D eigenvalue weighted by Crippen LogP contribution is 2.49. The molecule has 2 heteroatoms. The molecule has 15 heavy (non-hydrogen) atoms. The van der Waals surface area contributed by atoms with E-state index in [0.717, 1.165) is 11.8 Å². The van der Waals surface area contributed by atoms with Crippen LogP contribution in [0.2, 0.25) is 0 Å². The second-order valence-corrected chi connectivity index (χ2v) is 4.82. The topological polar surface area (TPSA) is 21.3 Å². The number of piperidine rings is 2. The van der Waals surface area contributed by atoms with E-state index in [-0.39, 0.29) is 0 Å². The molecule has 3 fully saturated rings. The van der Waals surface area contributed by atoms with E-state index in [4.69, 9.17) is 4.74 Å². The fourth-order valence-corrected chi connectivity index (χ4v) is 3.08. The molecule has 0 amide bonds. The monoisotopic (exact) mass is 203 g/mol. The zero-order chi connectivity index (χ0) is 10.3. The largest absolute Gasteiger partial charge is 0.497 e. The molecule has 1 aromatic carbocycles. The van der Waals surface area contributed by atoms with Crippen LogP contribution in [-0.4, -0.2) is 19.7 Å². The van der Waals surface area contributed by atoms with Crippen molar-refractivity contribution in [2.45, 2.75) is 30.7 Å². The molecule has 0 aromatic heterocycles. The number of ether oxygens (including phenoxy) is 1. The Kier molecular flexibility index (Phi) is 1.99. The van der Waals surface area contributed by atoms with Crippen molar-refractivity contribution < 1.29 is 4.74 Å². The van der Waals surface area contributed by atoms with Crippen LogP contribution >= 0.6 is 0 Å². The zero-order valence-corrected chi connectivity index (χ0v) is 9.12. The summed E-state index contributed by atoms with van der Waals surface area (Å²) in [5.74, 6) is 0.990. The lowest BCUT2D eigenvalue weighted by Gasteiger charge is -2.53. The molecule has 1 saturated carbocycles. The van der Waals surface area contributed by atoms with E-state index in [1.165, 1.54) is 31.4 Å². The fourth-order valence-electron chi connectivity index (χ4n) is 3.08. The molecule has 3 aliphatic rings. The Morgan fingerprint density at radius 1 is 1.40 bits per heavy atom. The molecule has 2 aliphatic heterocycles. The highest BCUT2D eigenvalue weighted by Gasteiger charge is 2.47. The average Bonchev–Trinajstić information content (AvgIpc) is 2.29. The first-order valence-corrected chi connectivity index (χ1v) is 5.70. The van der Waals surface area contributed by atoms with Crippen LogP contribution in [0.5, 0.6) is 5.75 Å². The van der Waals surface area contributed by atoms with Crippen LogP contribution in [0, 0.1) is 0 Å². The summed E-state index contributed by atoms with van der Waals surface area (Å²) in [6.07, 6.45) is 3.89. The molecule has 0 spiro atoms. The number of benzene rings is 1. The molecule has 1 N–H and O–H groups in total. The van der Waals surface area contributed by atoms with Crippen LogP contribution in [0.1, 0.15) is 24.8 Å². The molecular formula is C13H17NO. The van der Waals surface area contributed by atoms with E-state index in [1.807, 2.05) is 6.07 Å². The first-order valence-electron chi connectivity index (χ1n) is 5.70. The molecule has 0 unspecified atom stereocenters. The second kappa shape index (κ2) is 3.24. The molecule has 2 heterocycles. The normalized spacial score (nSPS) is 33.3. The molecular weight excluding hydrogens is 186 g/mol. The van der Waals surface area contributed by atoms with E-state index >= 15 is 0 Å². The summed E-state index contributed by atoms with van der Waals surface area (Å²) >= 11 is 0. The van der Waals surface area contributed by atoms with Gasteiger partial charge in [-0.15, -0.1) is 0 Å². The highest BCUT2D eigenvalue weighted by molar-refractivity contribution is 5.37. The van der Waals surface area contributed by atoms with Crippen molar-refractivity contribution in [2.75, 3.05) is 13.7 Å². The van der Waals surface area contributed by atoms with E-state index < -0.39 is 0 Å². The Morgan fingerprint density at radius 3 is 2.93 bits per heavy atom. The smallest absolute Gasteiger partial charge is 0.119 e. The van der Waals surface area contributed by atoms with Gasteiger partial charge in [0.25, 0.3) is 0 Å². The van der Waals surface area contributed by atoms with Gasteiger partial charge in [0.1, 0.15) is 5.75 Å². The van der Waals surface area contributed by atoms with Crippen LogP contribution in [0.15, 0.2) is 24.3 Å². The molecule has 0 radical (unpaired) electrons. The van der Waals surface area contributed by atoms with Gasteiger partial charge in [-0.05, 0) is 48.9 Å². The first kappa shape index (κ1) is 9.22. The van der Waals surface area contributed by atoms with Crippen molar-refractivity contribution in [1.29, 1.82) is 0 Å². The summed E-state index contributed by atoms with van der Waals surface area (Å²) in [4.78, 5) is 0. The maximum atomic E-state index is 5.29. The van der Waals surface area contributed by atoms with Gasteiger partial charge in [0, 0.05) is 6.04 Å².